The van der Waals surface area contributed by atoms with Crippen LogP contribution in [0.25, 0.3) is 11.0 Å². The van der Waals surface area contributed by atoms with Crippen LogP contribution in [0.1, 0.15) is 49.6 Å². The Hall–Kier alpha value is -3.01. The molecule has 1 unspecified atom stereocenters. The maximum Gasteiger partial charge on any atom is 0.433 e. The third-order valence-electron chi connectivity index (χ3n) is 5.83. The molecule has 0 bridgehead atoms. The number of hydrogen-bond donors (Lipinski definition) is 1. The van der Waals surface area contributed by atoms with E-state index in [9.17, 15) is 14.9 Å². The summed E-state index contributed by atoms with van der Waals surface area (Å²) in [4.78, 5) is 30.2. The van der Waals surface area contributed by atoms with Gasteiger partial charge in [-0.1, -0.05) is 13.8 Å². The molecule has 0 spiro atoms. The second kappa shape index (κ2) is 9.46. The summed E-state index contributed by atoms with van der Waals surface area (Å²) in [5, 5.41) is 13.8. The van der Waals surface area contributed by atoms with Crippen molar-refractivity contribution in [3.63, 3.8) is 0 Å². The molecule has 1 aromatic carbocycles. The molecule has 3 aromatic rings. The summed E-state index contributed by atoms with van der Waals surface area (Å²) in [7, 11) is 0. The third kappa shape index (κ3) is 4.85. The first-order valence-corrected chi connectivity index (χ1v) is 12.3. The van der Waals surface area contributed by atoms with Gasteiger partial charge in [0.1, 0.15) is 10.7 Å². The van der Waals surface area contributed by atoms with Crippen molar-refractivity contribution in [1.82, 2.24) is 9.55 Å². The van der Waals surface area contributed by atoms with Crippen molar-refractivity contribution < 1.29 is 14.1 Å². The molecule has 0 aliphatic carbocycles. The predicted molar refractivity (Wildman–Crippen MR) is 131 cm³/mol. The number of benzene rings is 1. The fourth-order valence-electron chi connectivity index (χ4n) is 4.49. The molecule has 4 rings (SSSR count). The predicted octanol–water partition coefficient (Wildman–Crippen LogP) is 5.26. The van der Waals surface area contributed by atoms with Crippen molar-refractivity contribution in [1.29, 1.82) is 0 Å². The fraction of sp³-hybridized carbons (Fsp3) is 0.478. The molecule has 2 aromatic heterocycles. The lowest BCUT2D eigenvalue weighted by Crippen LogP contribution is -2.33. The van der Waals surface area contributed by atoms with E-state index in [0.717, 1.165) is 53.6 Å². The molecule has 1 amide bonds. The maximum absolute atomic E-state index is 12.8. The molecular weight excluding hydrogens is 442 g/mol. The van der Waals surface area contributed by atoms with E-state index >= 15 is 0 Å². The Bertz CT molecular complexity index is 1180. The van der Waals surface area contributed by atoms with Crippen LogP contribution in [0.2, 0.25) is 0 Å². The van der Waals surface area contributed by atoms with Gasteiger partial charge in [0.05, 0.1) is 28.5 Å². The third-order valence-corrected chi connectivity index (χ3v) is 6.77. The highest BCUT2D eigenvalue weighted by Crippen LogP contribution is 2.35. The van der Waals surface area contributed by atoms with Crippen molar-refractivity contribution >= 4 is 46.0 Å². The maximum atomic E-state index is 12.8. The van der Waals surface area contributed by atoms with Crippen LogP contribution in [0.3, 0.4) is 0 Å². The first kappa shape index (κ1) is 23.2. The summed E-state index contributed by atoms with van der Waals surface area (Å²) in [5.41, 5.74) is 3.40. The molecular formula is C23H29N5O4S. The van der Waals surface area contributed by atoms with Gasteiger partial charge in [-0.15, -0.1) is 0 Å². The number of furan rings is 1. The van der Waals surface area contributed by atoms with Crippen LogP contribution in [0.4, 0.5) is 17.3 Å². The molecule has 1 aliphatic heterocycles. The molecule has 9 nitrogen and oxygen atoms in total. The van der Waals surface area contributed by atoms with Crippen molar-refractivity contribution in [2.75, 3.05) is 34.8 Å². The number of aryl methyl sites for hydroxylation is 1. The van der Waals surface area contributed by atoms with Crippen LogP contribution in [-0.2, 0) is 0 Å². The van der Waals surface area contributed by atoms with E-state index in [1.54, 1.807) is 0 Å². The smallest absolute Gasteiger partial charge is 0.395 e. The Morgan fingerprint density at radius 1 is 1.27 bits per heavy atom. The number of carbonyl (C=O) groups excluding carboxylic acids is 1. The number of rotatable bonds is 7. The van der Waals surface area contributed by atoms with Gasteiger partial charge in [-0.2, -0.15) is 11.8 Å². The van der Waals surface area contributed by atoms with Crippen molar-refractivity contribution in [2.45, 2.75) is 40.2 Å². The van der Waals surface area contributed by atoms with E-state index in [1.165, 1.54) is 12.1 Å². The molecule has 33 heavy (non-hydrogen) atoms. The summed E-state index contributed by atoms with van der Waals surface area (Å²) in [6.07, 6.45) is 1.04. The van der Waals surface area contributed by atoms with Crippen molar-refractivity contribution in [2.24, 2.45) is 5.92 Å². The zero-order valence-electron chi connectivity index (χ0n) is 19.3. The normalized spacial score (nSPS) is 15.2. The first-order valence-electron chi connectivity index (χ1n) is 11.2. The molecule has 176 valence electrons. The van der Waals surface area contributed by atoms with Crippen LogP contribution < -0.4 is 10.2 Å². The Morgan fingerprint density at radius 2 is 2.00 bits per heavy atom. The topological polar surface area (TPSA) is 106 Å². The SMILES string of the molecule is Cc1nc2cc(NC(=O)c3ccc([N+](=O)[O-])o3)c(N3CCSCC3)cc2n1C(C)CC(C)C. The lowest BCUT2D eigenvalue weighted by atomic mass is 10.0. The summed E-state index contributed by atoms with van der Waals surface area (Å²) < 4.78 is 7.37. The second-order valence-electron chi connectivity index (χ2n) is 8.81. The number of imidazole rings is 1. The van der Waals surface area contributed by atoms with Gasteiger partial charge >= 0.3 is 5.88 Å². The Kier molecular flexibility index (Phi) is 6.64. The minimum atomic E-state index is -0.659. The van der Waals surface area contributed by atoms with Gasteiger partial charge in [0.2, 0.25) is 0 Å². The molecule has 1 atom stereocenters. The molecule has 1 fully saturated rings. The monoisotopic (exact) mass is 471 g/mol. The van der Waals surface area contributed by atoms with E-state index in [-0.39, 0.29) is 5.76 Å². The number of fused-ring (bicyclic) bond motifs is 1. The van der Waals surface area contributed by atoms with E-state index in [0.29, 0.717) is 17.6 Å². The first-order chi connectivity index (χ1) is 15.7. The molecule has 1 saturated heterocycles. The largest absolute Gasteiger partial charge is 0.433 e. The van der Waals surface area contributed by atoms with Gasteiger partial charge in [0, 0.05) is 30.6 Å². The molecule has 10 heteroatoms. The van der Waals surface area contributed by atoms with Gasteiger partial charge in [-0.3, -0.25) is 14.9 Å². The summed E-state index contributed by atoms with van der Waals surface area (Å²) >= 11 is 1.91. The number of aromatic nitrogens is 2. The van der Waals surface area contributed by atoms with Gasteiger partial charge in [0.15, 0.2) is 5.76 Å². The molecule has 0 saturated carbocycles. The molecule has 3 heterocycles. The number of nitrogens with zero attached hydrogens (tertiary/aromatic N) is 4. The molecule has 0 radical (unpaired) electrons. The minimum absolute atomic E-state index is 0.103. The van der Waals surface area contributed by atoms with Crippen molar-refractivity contribution in [3.05, 3.63) is 46.0 Å². The van der Waals surface area contributed by atoms with E-state index < -0.39 is 16.7 Å². The van der Waals surface area contributed by atoms with Crippen LogP contribution >= 0.6 is 11.8 Å². The number of hydrogen-bond acceptors (Lipinski definition) is 7. The zero-order chi connectivity index (χ0) is 23.7. The Labute approximate surface area is 196 Å². The standard InChI is InChI=1S/C23H29N5O4S/c1-14(2)11-15(3)27-16(4)24-18-12-17(19(13-20(18)27)26-7-9-33-10-8-26)25-23(29)21-5-6-22(32-21)28(30)31/h5-6,12-15H,7-11H2,1-4H3,(H,25,29). The van der Waals surface area contributed by atoms with Crippen LogP contribution in [-0.4, -0.2) is 45.0 Å². The zero-order valence-corrected chi connectivity index (χ0v) is 20.1. The van der Waals surface area contributed by atoms with Crippen LogP contribution in [0, 0.1) is 23.0 Å². The quantitative estimate of drug-likeness (QED) is 0.370. The van der Waals surface area contributed by atoms with Crippen LogP contribution in [0.15, 0.2) is 28.7 Å². The van der Waals surface area contributed by atoms with E-state index in [4.69, 9.17) is 9.40 Å². The molecule has 1 N–H and O–H groups in total. The summed E-state index contributed by atoms with van der Waals surface area (Å²) in [5.74, 6) is 2.43. The number of anilines is 2. The van der Waals surface area contributed by atoms with Crippen LogP contribution in [0.5, 0.6) is 0 Å². The Balaban J connectivity index is 1.75. The van der Waals surface area contributed by atoms with Gasteiger partial charge in [-0.05, 0) is 44.4 Å². The number of amides is 1. The number of nitro groups is 1. The summed E-state index contributed by atoms with van der Waals surface area (Å²) in [6.45, 7) is 10.4. The highest BCUT2D eigenvalue weighted by Gasteiger charge is 2.23. The van der Waals surface area contributed by atoms with Gasteiger partial charge in [-0.25, -0.2) is 4.98 Å². The average molecular weight is 472 g/mol. The summed E-state index contributed by atoms with van der Waals surface area (Å²) in [6, 6.07) is 6.80. The van der Waals surface area contributed by atoms with E-state index in [2.05, 4.69) is 41.6 Å². The minimum Gasteiger partial charge on any atom is -0.395 e. The van der Waals surface area contributed by atoms with E-state index in [1.807, 2.05) is 24.8 Å². The van der Waals surface area contributed by atoms with Crippen molar-refractivity contribution in [3.8, 4) is 0 Å². The molecule has 1 aliphatic rings. The average Bonchev–Trinajstić information content (AvgIpc) is 3.37. The van der Waals surface area contributed by atoms with Gasteiger partial charge in [0.25, 0.3) is 5.91 Å². The lowest BCUT2D eigenvalue weighted by molar-refractivity contribution is -0.402. The lowest BCUT2D eigenvalue weighted by Gasteiger charge is -2.30. The second-order valence-corrected chi connectivity index (χ2v) is 10.0. The number of nitrogens with one attached hydrogen (secondary N) is 1. The highest BCUT2D eigenvalue weighted by molar-refractivity contribution is 7.99. The Morgan fingerprint density at radius 3 is 2.64 bits per heavy atom. The number of thioether (sulfide) groups is 1. The fourth-order valence-corrected chi connectivity index (χ4v) is 5.40. The number of carbonyl (C=O) groups is 1. The highest BCUT2D eigenvalue weighted by atomic mass is 32.2. The van der Waals surface area contributed by atoms with Gasteiger partial charge < -0.3 is 19.2 Å².